The predicted molar refractivity (Wildman–Crippen MR) is 54.2 cm³/mol. The SMILES string of the molecule is [CH2]CC1CCCC2CCC(O)CC12. The molecule has 1 radical (unpaired) electrons. The van der Waals surface area contributed by atoms with Crippen LogP contribution in [0.25, 0.3) is 0 Å². The van der Waals surface area contributed by atoms with Gasteiger partial charge in [0.05, 0.1) is 6.10 Å². The molecule has 0 bridgehead atoms. The Balaban J connectivity index is 2.01. The average molecular weight is 181 g/mol. The van der Waals surface area contributed by atoms with Crippen molar-refractivity contribution in [3.05, 3.63) is 6.92 Å². The highest BCUT2D eigenvalue weighted by Gasteiger charge is 2.36. The first-order chi connectivity index (χ1) is 6.31. The van der Waals surface area contributed by atoms with E-state index in [0.717, 1.165) is 37.0 Å². The third kappa shape index (κ3) is 1.90. The van der Waals surface area contributed by atoms with Gasteiger partial charge in [0.1, 0.15) is 0 Å². The summed E-state index contributed by atoms with van der Waals surface area (Å²) in [5, 5.41) is 9.64. The quantitative estimate of drug-likeness (QED) is 0.659. The van der Waals surface area contributed by atoms with E-state index in [1.807, 2.05) is 0 Å². The van der Waals surface area contributed by atoms with Crippen LogP contribution in [-0.2, 0) is 0 Å². The van der Waals surface area contributed by atoms with Crippen molar-refractivity contribution in [2.45, 2.75) is 51.0 Å². The Morgan fingerprint density at radius 1 is 1.15 bits per heavy atom. The van der Waals surface area contributed by atoms with Gasteiger partial charge in [-0.25, -0.2) is 0 Å². The van der Waals surface area contributed by atoms with Crippen LogP contribution in [0, 0.1) is 24.7 Å². The lowest BCUT2D eigenvalue weighted by Gasteiger charge is -2.42. The summed E-state index contributed by atoms with van der Waals surface area (Å²) in [6, 6.07) is 0. The van der Waals surface area contributed by atoms with Crippen LogP contribution in [0.3, 0.4) is 0 Å². The Hall–Kier alpha value is -0.0400. The van der Waals surface area contributed by atoms with Crippen molar-refractivity contribution in [3.8, 4) is 0 Å². The number of hydrogen-bond donors (Lipinski definition) is 1. The zero-order valence-electron chi connectivity index (χ0n) is 8.41. The maximum Gasteiger partial charge on any atom is 0.0543 e. The van der Waals surface area contributed by atoms with Crippen molar-refractivity contribution in [3.63, 3.8) is 0 Å². The molecule has 0 amide bonds. The standard InChI is InChI=1S/C12H21O/c1-2-9-4-3-5-10-6-7-11(13)8-12(9)10/h9-13H,1-8H2. The zero-order valence-corrected chi connectivity index (χ0v) is 8.41. The van der Waals surface area contributed by atoms with E-state index in [-0.39, 0.29) is 6.10 Å². The summed E-state index contributed by atoms with van der Waals surface area (Å²) in [6.07, 6.45) is 8.61. The van der Waals surface area contributed by atoms with E-state index < -0.39 is 0 Å². The van der Waals surface area contributed by atoms with Gasteiger partial charge < -0.3 is 5.11 Å². The Morgan fingerprint density at radius 2 is 2.00 bits per heavy atom. The second-order valence-corrected chi connectivity index (χ2v) is 4.87. The molecule has 0 aromatic rings. The number of rotatable bonds is 1. The van der Waals surface area contributed by atoms with Crippen LogP contribution < -0.4 is 0 Å². The van der Waals surface area contributed by atoms with Crippen LogP contribution in [-0.4, -0.2) is 11.2 Å². The highest BCUT2D eigenvalue weighted by molar-refractivity contribution is 4.88. The van der Waals surface area contributed by atoms with Crippen LogP contribution >= 0.6 is 0 Å². The van der Waals surface area contributed by atoms with Crippen molar-refractivity contribution in [1.29, 1.82) is 0 Å². The van der Waals surface area contributed by atoms with E-state index in [0.29, 0.717) is 0 Å². The molecule has 0 aromatic heterocycles. The van der Waals surface area contributed by atoms with Gasteiger partial charge in [-0.1, -0.05) is 32.6 Å². The van der Waals surface area contributed by atoms with Gasteiger partial charge in [-0.3, -0.25) is 0 Å². The molecule has 2 aliphatic carbocycles. The summed E-state index contributed by atoms with van der Waals surface area (Å²) in [5.41, 5.74) is 0. The van der Waals surface area contributed by atoms with Gasteiger partial charge in [-0.05, 0) is 37.0 Å². The minimum absolute atomic E-state index is 0.00611. The highest BCUT2D eigenvalue weighted by atomic mass is 16.3. The Morgan fingerprint density at radius 3 is 2.77 bits per heavy atom. The Labute approximate surface area is 81.5 Å². The molecule has 4 atom stereocenters. The molecular weight excluding hydrogens is 160 g/mol. The fourth-order valence-electron chi connectivity index (χ4n) is 3.40. The van der Waals surface area contributed by atoms with Gasteiger partial charge in [-0.15, -0.1) is 0 Å². The minimum Gasteiger partial charge on any atom is -0.393 e. The first kappa shape index (κ1) is 9.51. The molecule has 1 heteroatoms. The first-order valence-electron chi connectivity index (χ1n) is 5.78. The molecule has 2 saturated carbocycles. The topological polar surface area (TPSA) is 20.2 Å². The molecule has 2 aliphatic rings. The van der Waals surface area contributed by atoms with Crippen molar-refractivity contribution in [1.82, 2.24) is 0 Å². The number of aliphatic hydroxyl groups is 1. The van der Waals surface area contributed by atoms with Gasteiger partial charge in [0.25, 0.3) is 0 Å². The largest absolute Gasteiger partial charge is 0.393 e. The van der Waals surface area contributed by atoms with Crippen molar-refractivity contribution < 1.29 is 5.11 Å². The van der Waals surface area contributed by atoms with Gasteiger partial charge in [0.15, 0.2) is 0 Å². The molecule has 0 heterocycles. The van der Waals surface area contributed by atoms with Crippen molar-refractivity contribution in [2.75, 3.05) is 0 Å². The van der Waals surface area contributed by atoms with E-state index >= 15 is 0 Å². The molecule has 2 rings (SSSR count). The van der Waals surface area contributed by atoms with Crippen LogP contribution in [0.1, 0.15) is 44.9 Å². The predicted octanol–water partition coefficient (Wildman–Crippen LogP) is 2.79. The zero-order chi connectivity index (χ0) is 9.26. The van der Waals surface area contributed by atoms with Gasteiger partial charge in [-0.2, -0.15) is 0 Å². The summed E-state index contributed by atoms with van der Waals surface area (Å²) in [7, 11) is 0. The molecule has 0 aromatic carbocycles. The fourth-order valence-corrected chi connectivity index (χ4v) is 3.40. The van der Waals surface area contributed by atoms with E-state index in [1.165, 1.54) is 25.7 Å². The molecule has 2 fully saturated rings. The molecular formula is C12H21O. The average Bonchev–Trinajstić information content (AvgIpc) is 2.17. The summed E-state index contributed by atoms with van der Waals surface area (Å²) in [4.78, 5) is 0. The summed E-state index contributed by atoms with van der Waals surface area (Å²) < 4.78 is 0. The molecule has 75 valence electrons. The second kappa shape index (κ2) is 4.00. The highest BCUT2D eigenvalue weighted by Crippen LogP contribution is 2.44. The van der Waals surface area contributed by atoms with Crippen molar-refractivity contribution >= 4 is 0 Å². The Bertz CT molecular complexity index is 161. The maximum atomic E-state index is 9.64. The first-order valence-corrected chi connectivity index (χ1v) is 5.78. The van der Waals surface area contributed by atoms with Crippen LogP contribution in [0.4, 0.5) is 0 Å². The second-order valence-electron chi connectivity index (χ2n) is 4.87. The molecule has 1 N–H and O–H groups in total. The van der Waals surface area contributed by atoms with Crippen LogP contribution in [0.2, 0.25) is 0 Å². The molecule has 0 spiro atoms. The monoisotopic (exact) mass is 181 g/mol. The number of fused-ring (bicyclic) bond motifs is 1. The fraction of sp³-hybridized carbons (Fsp3) is 0.917. The molecule has 0 aliphatic heterocycles. The lowest BCUT2D eigenvalue weighted by molar-refractivity contribution is 0.0193. The van der Waals surface area contributed by atoms with Crippen molar-refractivity contribution in [2.24, 2.45) is 17.8 Å². The van der Waals surface area contributed by atoms with E-state index in [2.05, 4.69) is 6.92 Å². The minimum atomic E-state index is -0.00611. The third-order valence-electron chi connectivity index (χ3n) is 4.15. The number of hydrogen-bond acceptors (Lipinski definition) is 1. The van der Waals surface area contributed by atoms with Crippen LogP contribution in [0.5, 0.6) is 0 Å². The van der Waals surface area contributed by atoms with Crippen LogP contribution in [0.15, 0.2) is 0 Å². The third-order valence-corrected chi connectivity index (χ3v) is 4.15. The molecule has 13 heavy (non-hydrogen) atoms. The summed E-state index contributed by atoms with van der Waals surface area (Å²) >= 11 is 0. The Kier molecular flexibility index (Phi) is 2.92. The molecule has 0 saturated heterocycles. The smallest absolute Gasteiger partial charge is 0.0543 e. The van der Waals surface area contributed by atoms with E-state index in [9.17, 15) is 5.11 Å². The lowest BCUT2D eigenvalue weighted by Crippen LogP contribution is -2.35. The maximum absolute atomic E-state index is 9.64. The lowest BCUT2D eigenvalue weighted by atomic mass is 9.64. The normalized spacial score (nSPS) is 45.7. The molecule has 4 unspecified atom stereocenters. The summed E-state index contributed by atoms with van der Waals surface area (Å²) in [6.45, 7) is 4.04. The number of aliphatic hydroxyl groups excluding tert-OH is 1. The van der Waals surface area contributed by atoms with Gasteiger partial charge in [0, 0.05) is 0 Å². The van der Waals surface area contributed by atoms with Gasteiger partial charge >= 0.3 is 0 Å². The van der Waals surface area contributed by atoms with E-state index in [4.69, 9.17) is 0 Å². The van der Waals surface area contributed by atoms with Gasteiger partial charge in [0.2, 0.25) is 0 Å². The van der Waals surface area contributed by atoms with E-state index in [1.54, 1.807) is 0 Å². The summed E-state index contributed by atoms with van der Waals surface area (Å²) in [5.74, 6) is 2.53. The molecule has 1 nitrogen and oxygen atoms in total.